The van der Waals surface area contributed by atoms with Gasteiger partial charge in [0, 0.05) is 12.5 Å². The van der Waals surface area contributed by atoms with Gasteiger partial charge < -0.3 is 9.16 Å². The molecule has 1 saturated heterocycles. The lowest BCUT2D eigenvalue weighted by Crippen LogP contribution is -2.56. The first-order valence-electron chi connectivity index (χ1n) is 10.1. The van der Waals surface area contributed by atoms with E-state index in [2.05, 4.69) is 41.5 Å². The summed E-state index contributed by atoms with van der Waals surface area (Å²) in [6.07, 6.45) is 8.12. The van der Waals surface area contributed by atoms with Gasteiger partial charge in [-0.25, -0.2) is 0 Å². The van der Waals surface area contributed by atoms with E-state index in [0.29, 0.717) is 11.5 Å². The molecule has 0 aromatic heterocycles. The second kappa shape index (κ2) is 5.84. The van der Waals surface area contributed by atoms with Crippen LogP contribution in [-0.2, 0) is 9.16 Å². The van der Waals surface area contributed by atoms with Gasteiger partial charge in [0.2, 0.25) is 0 Å². The van der Waals surface area contributed by atoms with Crippen molar-refractivity contribution < 1.29 is 9.16 Å². The Morgan fingerprint density at radius 3 is 2.17 bits per heavy atom. The molecular formula is C20H38O2Si. The van der Waals surface area contributed by atoms with Gasteiger partial charge in [0.1, 0.15) is 0 Å². The normalized spacial score (nSPS) is 42.5. The molecule has 0 amide bonds. The lowest BCUT2D eigenvalue weighted by molar-refractivity contribution is -0.183. The van der Waals surface area contributed by atoms with Crippen LogP contribution in [0.1, 0.15) is 80.1 Å². The monoisotopic (exact) mass is 338 g/mol. The molecule has 0 aromatic rings. The maximum atomic E-state index is 6.89. The molecule has 1 aliphatic heterocycles. The molecule has 2 nitrogen and oxygen atoms in total. The smallest absolute Gasteiger partial charge is 0.192 e. The van der Waals surface area contributed by atoms with Gasteiger partial charge in [0.05, 0.1) is 11.2 Å². The number of hydrogen-bond donors (Lipinski definition) is 0. The van der Waals surface area contributed by atoms with Crippen LogP contribution < -0.4 is 0 Å². The minimum atomic E-state index is -1.51. The molecule has 3 heteroatoms. The van der Waals surface area contributed by atoms with Crippen molar-refractivity contribution in [2.75, 3.05) is 0 Å². The minimum Gasteiger partial charge on any atom is -0.414 e. The SMILES string of the molecule is CC[Si](CC)(CC)O[C@H]1CC[C@@]2(C)CC[C@@H]3C[C@@]2(C1)OC3(C)C. The number of ether oxygens (including phenoxy) is 1. The van der Waals surface area contributed by atoms with Crippen LogP contribution in [0.5, 0.6) is 0 Å². The van der Waals surface area contributed by atoms with E-state index in [-0.39, 0.29) is 11.2 Å². The van der Waals surface area contributed by atoms with Gasteiger partial charge in [0.25, 0.3) is 0 Å². The first-order chi connectivity index (χ1) is 10.7. The van der Waals surface area contributed by atoms with Crippen molar-refractivity contribution >= 4 is 8.32 Å². The van der Waals surface area contributed by atoms with Gasteiger partial charge in [0.15, 0.2) is 8.32 Å². The summed E-state index contributed by atoms with van der Waals surface area (Å²) in [6.45, 7) is 14.2. The molecular weight excluding hydrogens is 300 g/mol. The third-order valence-electron chi connectivity index (χ3n) is 8.09. The Balaban J connectivity index is 1.80. The molecule has 4 atom stereocenters. The highest BCUT2D eigenvalue weighted by molar-refractivity contribution is 6.73. The Hall–Kier alpha value is 0.137. The highest BCUT2D eigenvalue weighted by Gasteiger charge is 2.64. The van der Waals surface area contributed by atoms with E-state index in [1.54, 1.807) is 0 Å². The molecule has 134 valence electrons. The molecule has 1 spiro atoms. The van der Waals surface area contributed by atoms with Gasteiger partial charge in [-0.15, -0.1) is 0 Å². The third-order valence-corrected chi connectivity index (χ3v) is 12.8. The Morgan fingerprint density at radius 1 is 0.957 bits per heavy atom. The van der Waals surface area contributed by atoms with Gasteiger partial charge >= 0.3 is 0 Å². The average Bonchev–Trinajstić information content (AvgIpc) is 2.74. The number of fused-ring (bicyclic) bond motifs is 1. The predicted octanol–water partition coefficient (Wildman–Crippen LogP) is 5.91. The van der Waals surface area contributed by atoms with Gasteiger partial charge in [-0.3, -0.25) is 0 Å². The summed E-state index contributed by atoms with van der Waals surface area (Å²) in [5.74, 6) is 0.750. The lowest BCUT2D eigenvalue weighted by Gasteiger charge is -2.54. The van der Waals surface area contributed by atoms with Crippen molar-refractivity contribution in [3.63, 3.8) is 0 Å². The minimum absolute atomic E-state index is 0.0639. The summed E-state index contributed by atoms with van der Waals surface area (Å²) < 4.78 is 13.7. The molecule has 2 aliphatic carbocycles. The fraction of sp³-hybridized carbons (Fsp3) is 1.00. The zero-order valence-electron chi connectivity index (χ0n) is 16.3. The van der Waals surface area contributed by atoms with E-state index in [1.165, 1.54) is 50.2 Å². The molecule has 3 aliphatic rings. The quantitative estimate of drug-likeness (QED) is 0.580. The molecule has 2 saturated carbocycles. The van der Waals surface area contributed by atoms with Crippen LogP contribution in [0, 0.1) is 11.3 Å². The molecule has 0 aromatic carbocycles. The van der Waals surface area contributed by atoms with Crippen LogP contribution in [-0.4, -0.2) is 25.6 Å². The van der Waals surface area contributed by atoms with Crippen LogP contribution in [0.3, 0.4) is 0 Å². The highest BCUT2D eigenvalue weighted by atomic mass is 28.4. The Morgan fingerprint density at radius 2 is 1.57 bits per heavy atom. The Labute approximate surface area is 144 Å². The van der Waals surface area contributed by atoms with Crippen LogP contribution in [0.4, 0.5) is 0 Å². The van der Waals surface area contributed by atoms with E-state index in [4.69, 9.17) is 9.16 Å². The average molecular weight is 339 g/mol. The van der Waals surface area contributed by atoms with E-state index in [0.717, 1.165) is 12.3 Å². The summed E-state index contributed by atoms with van der Waals surface area (Å²) >= 11 is 0. The molecule has 0 radical (unpaired) electrons. The molecule has 0 N–H and O–H groups in total. The van der Waals surface area contributed by atoms with Gasteiger partial charge in [-0.1, -0.05) is 27.7 Å². The maximum Gasteiger partial charge on any atom is 0.192 e. The fourth-order valence-corrected chi connectivity index (χ4v) is 8.85. The van der Waals surface area contributed by atoms with Gasteiger partial charge in [-0.2, -0.15) is 0 Å². The van der Waals surface area contributed by atoms with Crippen molar-refractivity contribution in [3.05, 3.63) is 0 Å². The zero-order valence-corrected chi connectivity index (χ0v) is 17.3. The summed E-state index contributed by atoms with van der Waals surface area (Å²) in [5, 5.41) is 0. The highest BCUT2D eigenvalue weighted by Crippen LogP contribution is 2.64. The summed E-state index contributed by atoms with van der Waals surface area (Å²) in [5.41, 5.74) is 0.540. The largest absolute Gasteiger partial charge is 0.414 e. The van der Waals surface area contributed by atoms with Crippen LogP contribution >= 0.6 is 0 Å². The van der Waals surface area contributed by atoms with Crippen LogP contribution in [0.15, 0.2) is 0 Å². The Kier molecular flexibility index (Phi) is 4.56. The van der Waals surface area contributed by atoms with Crippen molar-refractivity contribution in [1.82, 2.24) is 0 Å². The molecule has 2 bridgehead atoms. The van der Waals surface area contributed by atoms with E-state index >= 15 is 0 Å². The molecule has 23 heavy (non-hydrogen) atoms. The first-order valence-corrected chi connectivity index (χ1v) is 12.6. The summed E-state index contributed by atoms with van der Waals surface area (Å²) in [6, 6.07) is 3.78. The van der Waals surface area contributed by atoms with Crippen molar-refractivity contribution in [1.29, 1.82) is 0 Å². The molecule has 1 heterocycles. The molecule has 3 rings (SSSR count). The molecule has 3 fully saturated rings. The van der Waals surface area contributed by atoms with Crippen molar-refractivity contribution in [3.8, 4) is 0 Å². The molecule has 0 unspecified atom stereocenters. The fourth-order valence-electron chi connectivity index (χ4n) is 5.94. The van der Waals surface area contributed by atoms with E-state index in [9.17, 15) is 0 Å². The number of rotatable bonds is 5. The van der Waals surface area contributed by atoms with Crippen LogP contribution in [0.25, 0.3) is 0 Å². The second-order valence-corrected chi connectivity index (χ2v) is 14.1. The maximum absolute atomic E-state index is 6.89. The predicted molar refractivity (Wildman–Crippen MR) is 99.3 cm³/mol. The second-order valence-electron chi connectivity index (χ2n) is 9.43. The lowest BCUT2D eigenvalue weighted by atomic mass is 9.55. The van der Waals surface area contributed by atoms with Crippen molar-refractivity contribution in [2.45, 2.75) is 116 Å². The van der Waals surface area contributed by atoms with Crippen molar-refractivity contribution in [2.24, 2.45) is 11.3 Å². The first kappa shape index (κ1) is 17.9. The third kappa shape index (κ3) is 2.75. The van der Waals surface area contributed by atoms with E-state index in [1.807, 2.05) is 0 Å². The summed E-state index contributed by atoms with van der Waals surface area (Å²) in [4.78, 5) is 0. The summed E-state index contributed by atoms with van der Waals surface area (Å²) in [7, 11) is -1.51. The standard InChI is InChI=1S/C20H38O2Si/c1-7-23(8-2,9-3)21-17-11-13-19(6)12-10-16-14-20(19,15-17)22-18(16,4)5/h16-17H,7-15H2,1-6H3/t16-,17+,19-,20+/m1/s1. The van der Waals surface area contributed by atoms with Gasteiger partial charge in [-0.05, 0) is 75.4 Å². The zero-order chi connectivity index (χ0) is 16.9. The Bertz CT molecular complexity index is 437. The topological polar surface area (TPSA) is 18.5 Å². The number of hydrogen-bond acceptors (Lipinski definition) is 2. The van der Waals surface area contributed by atoms with E-state index < -0.39 is 8.32 Å². The van der Waals surface area contributed by atoms with Crippen LogP contribution in [0.2, 0.25) is 18.1 Å².